The highest BCUT2D eigenvalue weighted by Crippen LogP contribution is 2.42. The second-order valence-electron chi connectivity index (χ2n) is 11.0. The summed E-state index contributed by atoms with van der Waals surface area (Å²) < 4.78 is 29.0. The lowest BCUT2D eigenvalue weighted by atomic mass is 9.92. The maximum Gasteiger partial charge on any atom is 0.261 e. The van der Waals surface area contributed by atoms with Gasteiger partial charge in [0.05, 0.1) is 10.5 Å². The Bertz CT molecular complexity index is 1750. The lowest BCUT2D eigenvalue weighted by Crippen LogP contribution is -2.16. The Morgan fingerprint density at radius 2 is 1.50 bits per heavy atom. The summed E-state index contributed by atoms with van der Waals surface area (Å²) in [5, 5.41) is 34.3. The van der Waals surface area contributed by atoms with Crippen molar-refractivity contribution < 1.29 is 28.5 Å². The first-order chi connectivity index (χ1) is 19.8. The number of phenolic OH excluding ortho intramolecular Hbond substituents is 3. The zero-order valence-electron chi connectivity index (χ0n) is 24.3. The molecule has 0 bridgehead atoms. The van der Waals surface area contributed by atoms with Crippen LogP contribution in [0.5, 0.6) is 17.2 Å². The van der Waals surface area contributed by atoms with E-state index in [1.165, 1.54) is 18.2 Å². The van der Waals surface area contributed by atoms with Gasteiger partial charge in [0, 0.05) is 23.4 Å². The lowest BCUT2D eigenvalue weighted by Gasteiger charge is -2.17. The first kappa shape index (κ1) is 30.5. The number of aromatic hydroxyl groups is 3. The van der Waals surface area contributed by atoms with E-state index in [0.29, 0.717) is 11.3 Å². The van der Waals surface area contributed by atoms with Gasteiger partial charge in [-0.2, -0.15) is 0 Å². The Hall–Kier alpha value is -4.50. The molecule has 4 aromatic carbocycles. The summed E-state index contributed by atoms with van der Waals surface area (Å²) in [5.74, 6) is -2.45. The number of phenols is 3. The molecule has 0 saturated carbocycles. The third-order valence-electron chi connectivity index (χ3n) is 7.20. The van der Waals surface area contributed by atoms with Crippen LogP contribution in [0.25, 0.3) is 0 Å². The van der Waals surface area contributed by atoms with Gasteiger partial charge in [-0.15, -0.1) is 0 Å². The van der Waals surface area contributed by atoms with Crippen LogP contribution in [0, 0.1) is 6.92 Å². The molecule has 0 atom stereocenters. The number of benzene rings is 4. The number of amides is 1. The molecule has 0 saturated heterocycles. The Morgan fingerprint density at radius 3 is 2.19 bits per heavy atom. The standard InChI is InChI=1S/C33H36N2O6S/c1-19(2)22-10-8-11-25(16-22)35-42(40,41)26-14-13-21(5)29(18-26)34-33(39)28-17-24(30(36)32(38)31(28)37)15-23-9-6-7-12-27(23)20(3)4/h6-14,16-20,35-38H,15H2,1-5H3,(H,34,39). The molecule has 4 rings (SSSR count). The maximum absolute atomic E-state index is 13.4. The first-order valence-corrected chi connectivity index (χ1v) is 15.2. The SMILES string of the molecule is Cc1ccc(S(=O)(=O)Nc2cccc(C(C)C)c2)cc1NC(=O)c1cc(Cc2ccccc2C(C)C)c(O)c(O)c1O. The first-order valence-electron chi connectivity index (χ1n) is 13.7. The molecule has 0 radical (unpaired) electrons. The summed E-state index contributed by atoms with van der Waals surface area (Å²) in [4.78, 5) is 13.3. The molecule has 42 heavy (non-hydrogen) atoms. The molecule has 0 aliphatic rings. The molecule has 0 unspecified atom stereocenters. The van der Waals surface area contributed by atoms with Crippen LogP contribution in [-0.2, 0) is 16.4 Å². The molecule has 8 nitrogen and oxygen atoms in total. The Balaban J connectivity index is 1.64. The van der Waals surface area contributed by atoms with Crippen LogP contribution < -0.4 is 10.0 Å². The van der Waals surface area contributed by atoms with E-state index in [2.05, 4.69) is 10.0 Å². The van der Waals surface area contributed by atoms with E-state index in [4.69, 9.17) is 0 Å². The number of hydrogen-bond donors (Lipinski definition) is 5. The van der Waals surface area contributed by atoms with Gasteiger partial charge in [0.2, 0.25) is 5.75 Å². The third kappa shape index (κ3) is 6.52. The van der Waals surface area contributed by atoms with Crippen LogP contribution in [-0.4, -0.2) is 29.6 Å². The maximum atomic E-state index is 13.4. The predicted octanol–water partition coefficient (Wildman–Crippen LogP) is 7.00. The zero-order chi connectivity index (χ0) is 30.8. The molecular weight excluding hydrogens is 552 g/mol. The van der Waals surface area contributed by atoms with Gasteiger partial charge in [-0.25, -0.2) is 8.42 Å². The number of hydrogen-bond acceptors (Lipinski definition) is 6. The molecule has 0 heterocycles. The number of carbonyl (C=O) groups excluding carboxylic acids is 1. The van der Waals surface area contributed by atoms with E-state index in [-0.39, 0.29) is 40.0 Å². The van der Waals surface area contributed by atoms with E-state index in [1.54, 1.807) is 31.2 Å². The van der Waals surface area contributed by atoms with Crippen molar-refractivity contribution in [3.8, 4) is 17.2 Å². The highest BCUT2D eigenvalue weighted by molar-refractivity contribution is 7.92. The molecule has 0 aliphatic carbocycles. The minimum Gasteiger partial charge on any atom is -0.504 e. The second kappa shape index (κ2) is 12.2. The highest BCUT2D eigenvalue weighted by atomic mass is 32.2. The normalized spacial score (nSPS) is 11.6. The van der Waals surface area contributed by atoms with Crippen molar-refractivity contribution in [1.82, 2.24) is 0 Å². The number of aryl methyl sites for hydroxylation is 1. The predicted molar refractivity (Wildman–Crippen MR) is 165 cm³/mol. The highest BCUT2D eigenvalue weighted by Gasteiger charge is 2.24. The summed E-state index contributed by atoms with van der Waals surface area (Å²) in [6.07, 6.45) is 0.213. The van der Waals surface area contributed by atoms with E-state index in [9.17, 15) is 28.5 Å². The van der Waals surface area contributed by atoms with Gasteiger partial charge in [-0.05, 0) is 71.3 Å². The average molecular weight is 589 g/mol. The number of rotatable bonds is 9. The van der Waals surface area contributed by atoms with Gasteiger partial charge in [-0.3, -0.25) is 9.52 Å². The zero-order valence-corrected chi connectivity index (χ0v) is 25.1. The fourth-order valence-corrected chi connectivity index (χ4v) is 5.82. The fraction of sp³-hybridized carbons (Fsp3) is 0.242. The van der Waals surface area contributed by atoms with Gasteiger partial charge < -0.3 is 20.6 Å². The molecule has 0 fully saturated rings. The molecule has 1 amide bonds. The van der Waals surface area contributed by atoms with E-state index < -0.39 is 33.2 Å². The minimum absolute atomic E-state index is 0.0675. The molecule has 0 aromatic heterocycles. The van der Waals surface area contributed by atoms with Crippen LogP contribution in [0.15, 0.2) is 77.7 Å². The summed E-state index contributed by atoms with van der Waals surface area (Å²) >= 11 is 0. The summed E-state index contributed by atoms with van der Waals surface area (Å²) in [6, 6.07) is 20.5. The molecule has 0 spiro atoms. The molecule has 5 N–H and O–H groups in total. The fourth-order valence-electron chi connectivity index (χ4n) is 4.74. The lowest BCUT2D eigenvalue weighted by molar-refractivity contribution is 0.102. The van der Waals surface area contributed by atoms with Crippen LogP contribution in [0.2, 0.25) is 0 Å². The topological polar surface area (TPSA) is 136 Å². The van der Waals surface area contributed by atoms with E-state index >= 15 is 0 Å². The summed E-state index contributed by atoms with van der Waals surface area (Å²) in [6.45, 7) is 9.82. The summed E-state index contributed by atoms with van der Waals surface area (Å²) in [7, 11) is -3.99. The van der Waals surface area contributed by atoms with Crippen molar-refractivity contribution in [2.24, 2.45) is 0 Å². The average Bonchev–Trinajstić information content (AvgIpc) is 2.94. The van der Waals surface area contributed by atoms with Gasteiger partial charge in [0.25, 0.3) is 15.9 Å². The van der Waals surface area contributed by atoms with Crippen LogP contribution in [0.4, 0.5) is 11.4 Å². The van der Waals surface area contributed by atoms with Crippen molar-refractivity contribution >= 4 is 27.3 Å². The van der Waals surface area contributed by atoms with Gasteiger partial charge >= 0.3 is 0 Å². The van der Waals surface area contributed by atoms with Gasteiger partial charge in [0.1, 0.15) is 0 Å². The van der Waals surface area contributed by atoms with Crippen LogP contribution in [0.3, 0.4) is 0 Å². The van der Waals surface area contributed by atoms with E-state index in [0.717, 1.165) is 16.7 Å². The largest absolute Gasteiger partial charge is 0.504 e. The van der Waals surface area contributed by atoms with Crippen molar-refractivity contribution in [3.05, 3.63) is 106 Å². The number of anilines is 2. The molecule has 4 aromatic rings. The van der Waals surface area contributed by atoms with Crippen molar-refractivity contribution in [3.63, 3.8) is 0 Å². The number of carbonyl (C=O) groups is 1. The second-order valence-corrected chi connectivity index (χ2v) is 12.7. The smallest absolute Gasteiger partial charge is 0.261 e. The van der Waals surface area contributed by atoms with Crippen LogP contribution >= 0.6 is 0 Å². The van der Waals surface area contributed by atoms with E-state index in [1.807, 2.05) is 58.0 Å². The Labute approximate surface area is 246 Å². The summed E-state index contributed by atoms with van der Waals surface area (Å²) in [5.41, 5.74) is 4.13. The molecular formula is C33H36N2O6S. The molecule has 220 valence electrons. The monoisotopic (exact) mass is 588 g/mol. The molecule has 9 heteroatoms. The van der Waals surface area contributed by atoms with Crippen molar-refractivity contribution in [2.45, 2.75) is 57.8 Å². The minimum atomic E-state index is -3.99. The van der Waals surface area contributed by atoms with Crippen LogP contribution in [0.1, 0.15) is 77.7 Å². The third-order valence-corrected chi connectivity index (χ3v) is 8.58. The molecule has 0 aliphatic heterocycles. The number of nitrogens with one attached hydrogen (secondary N) is 2. The quantitative estimate of drug-likeness (QED) is 0.134. The number of sulfonamides is 1. The van der Waals surface area contributed by atoms with Gasteiger partial charge in [-0.1, -0.05) is 70.2 Å². The van der Waals surface area contributed by atoms with Crippen molar-refractivity contribution in [1.29, 1.82) is 0 Å². The Kier molecular flexibility index (Phi) is 8.82. The van der Waals surface area contributed by atoms with Gasteiger partial charge in [0.15, 0.2) is 11.5 Å². The van der Waals surface area contributed by atoms with Crippen molar-refractivity contribution in [2.75, 3.05) is 10.0 Å². The Morgan fingerprint density at radius 1 is 0.786 bits per heavy atom.